The van der Waals surface area contributed by atoms with Gasteiger partial charge in [0, 0.05) is 7.05 Å². The average molecular weight is 165 g/mol. The van der Waals surface area contributed by atoms with Gasteiger partial charge in [0.05, 0.1) is 19.1 Å². The number of fused-ring (bicyclic) bond motifs is 1. The predicted octanol–water partition coefficient (Wildman–Crippen LogP) is 0.418. The topological polar surface area (TPSA) is 46.1 Å². The van der Waals surface area contributed by atoms with Gasteiger partial charge in [0.15, 0.2) is 5.78 Å². The molecular weight excluding hydrogens is 154 g/mol. The monoisotopic (exact) mass is 165 g/mol. The van der Waals surface area contributed by atoms with Crippen LogP contribution in [0.1, 0.15) is 17.4 Å². The van der Waals surface area contributed by atoms with Gasteiger partial charge in [-0.2, -0.15) is 0 Å². The molecule has 0 spiro atoms. The molecule has 0 fully saturated rings. The van der Waals surface area contributed by atoms with Crippen molar-refractivity contribution in [1.29, 1.82) is 0 Å². The first-order chi connectivity index (χ1) is 6.13. The van der Waals surface area contributed by atoms with Gasteiger partial charge in [-0.05, 0) is 6.92 Å². The molecule has 1 aliphatic rings. The van der Waals surface area contributed by atoms with Crippen LogP contribution in [0.4, 0.5) is 5.82 Å². The summed E-state index contributed by atoms with van der Waals surface area (Å²) in [5.74, 6) is 0.355. The average Bonchev–Trinajstić information content (AvgIpc) is 2.33. The molecule has 0 bridgehead atoms. The number of rotatable bonds is 0. The maximum Gasteiger partial charge on any atom is 0.187 e. The number of Topliss-reactive ketones (excluding diaryl/α,β-unsaturated/α-hetero) is 1. The first-order valence-corrected chi connectivity index (χ1v) is 3.64. The summed E-state index contributed by atoms with van der Waals surface area (Å²) in [6, 6.07) is 0. The van der Waals surface area contributed by atoms with Gasteiger partial charge < -0.3 is 4.90 Å². The molecule has 12 heavy (non-hydrogen) atoms. The second-order valence-electron chi connectivity index (χ2n) is 2.76. The van der Waals surface area contributed by atoms with Crippen LogP contribution in [0.2, 0.25) is 0 Å². The standard InChI is InChI=1S/C8H9N3O/c1-5-7-6(12)3-11(2)8(7)10-4-9-5/h4H,3H2,1-2H3/i3T. The van der Waals surface area contributed by atoms with Gasteiger partial charge in [0.1, 0.15) is 12.1 Å². The Bertz CT molecular complexity index is 380. The van der Waals surface area contributed by atoms with E-state index in [1.807, 2.05) is 0 Å². The molecular formula is C8H9N3O. The molecule has 2 heterocycles. The lowest BCUT2D eigenvalue weighted by molar-refractivity contribution is 0.101. The fourth-order valence-electron chi connectivity index (χ4n) is 1.32. The van der Waals surface area contributed by atoms with Crippen LogP contribution in [-0.4, -0.2) is 29.3 Å². The molecule has 62 valence electrons. The summed E-state index contributed by atoms with van der Waals surface area (Å²) >= 11 is 0. The highest BCUT2D eigenvalue weighted by molar-refractivity contribution is 6.08. The minimum atomic E-state index is -0.856. The van der Waals surface area contributed by atoms with E-state index in [4.69, 9.17) is 1.37 Å². The van der Waals surface area contributed by atoms with Crippen LogP contribution in [0.25, 0.3) is 0 Å². The molecule has 0 N–H and O–H groups in total. The van der Waals surface area contributed by atoms with Gasteiger partial charge in [0.2, 0.25) is 0 Å². The normalized spacial score (nSPS) is 22.5. The van der Waals surface area contributed by atoms with Gasteiger partial charge in [-0.1, -0.05) is 0 Å². The van der Waals surface area contributed by atoms with Gasteiger partial charge in [-0.25, -0.2) is 9.97 Å². The number of aryl methyl sites for hydroxylation is 1. The Labute approximate surface area is 71.7 Å². The van der Waals surface area contributed by atoms with E-state index >= 15 is 0 Å². The molecule has 1 aliphatic heterocycles. The molecule has 1 aromatic rings. The predicted molar refractivity (Wildman–Crippen MR) is 44.4 cm³/mol. The fourth-order valence-corrected chi connectivity index (χ4v) is 1.32. The summed E-state index contributed by atoms with van der Waals surface area (Å²) in [6.07, 6.45) is 1.41. The number of hydrogen-bond donors (Lipinski definition) is 0. The van der Waals surface area contributed by atoms with Crippen molar-refractivity contribution in [1.82, 2.24) is 9.97 Å². The van der Waals surface area contributed by atoms with Crippen molar-refractivity contribution in [3.05, 3.63) is 17.6 Å². The summed E-state index contributed by atoms with van der Waals surface area (Å²) in [7, 11) is 1.69. The molecule has 0 radical (unpaired) electrons. The third-order valence-corrected chi connectivity index (χ3v) is 1.91. The van der Waals surface area contributed by atoms with Crippen LogP contribution in [-0.2, 0) is 0 Å². The van der Waals surface area contributed by atoms with Gasteiger partial charge in [-0.15, -0.1) is 0 Å². The van der Waals surface area contributed by atoms with E-state index in [-0.39, 0.29) is 5.78 Å². The Kier molecular flexibility index (Phi) is 1.15. The van der Waals surface area contributed by atoms with E-state index in [0.717, 1.165) is 0 Å². The largest absolute Gasteiger partial charge is 0.351 e. The van der Waals surface area contributed by atoms with Crippen LogP contribution in [0.3, 0.4) is 0 Å². The molecule has 2 rings (SSSR count). The van der Waals surface area contributed by atoms with Crippen LogP contribution in [0.5, 0.6) is 0 Å². The lowest BCUT2D eigenvalue weighted by Gasteiger charge is -2.07. The Balaban J connectivity index is 2.66. The SMILES string of the molecule is [3H]C1C(=O)c2c(C)ncnc2N1C. The third-order valence-electron chi connectivity index (χ3n) is 1.91. The van der Waals surface area contributed by atoms with Crippen molar-refractivity contribution in [2.24, 2.45) is 0 Å². The smallest absolute Gasteiger partial charge is 0.187 e. The highest BCUT2D eigenvalue weighted by Gasteiger charge is 2.27. The lowest BCUT2D eigenvalue weighted by atomic mass is 10.2. The zero-order valence-corrected chi connectivity index (χ0v) is 6.90. The maximum absolute atomic E-state index is 11.5. The molecule has 0 saturated heterocycles. The van der Waals surface area contributed by atoms with Crippen LogP contribution >= 0.6 is 0 Å². The van der Waals surface area contributed by atoms with E-state index in [1.54, 1.807) is 18.9 Å². The minimum Gasteiger partial charge on any atom is -0.351 e. The molecule has 0 amide bonds. The van der Waals surface area contributed by atoms with E-state index < -0.39 is 6.52 Å². The lowest BCUT2D eigenvalue weighted by Crippen LogP contribution is -2.16. The molecule has 1 aromatic heterocycles. The van der Waals surface area contributed by atoms with E-state index in [2.05, 4.69) is 9.97 Å². The van der Waals surface area contributed by atoms with Gasteiger partial charge >= 0.3 is 0 Å². The van der Waals surface area contributed by atoms with Crippen molar-refractivity contribution in [2.45, 2.75) is 6.92 Å². The van der Waals surface area contributed by atoms with Gasteiger partial charge in [0.25, 0.3) is 0 Å². The number of ketones is 1. The number of carbonyl (C=O) groups excluding carboxylic acids is 1. The van der Waals surface area contributed by atoms with Crippen molar-refractivity contribution < 1.29 is 6.17 Å². The van der Waals surface area contributed by atoms with Gasteiger partial charge in [-0.3, -0.25) is 4.79 Å². The molecule has 1 unspecified atom stereocenters. The first kappa shape index (κ1) is 6.11. The zero-order chi connectivity index (χ0) is 9.59. The van der Waals surface area contributed by atoms with E-state index in [9.17, 15) is 4.79 Å². The van der Waals surface area contributed by atoms with Crippen molar-refractivity contribution in [3.63, 3.8) is 0 Å². The van der Waals surface area contributed by atoms with Crippen molar-refractivity contribution in [3.8, 4) is 0 Å². The van der Waals surface area contributed by atoms with Crippen LogP contribution in [0.15, 0.2) is 6.33 Å². The van der Waals surface area contributed by atoms with Crippen molar-refractivity contribution >= 4 is 11.6 Å². The molecule has 0 aromatic carbocycles. The maximum atomic E-state index is 11.5. The minimum absolute atomic E-state index is 0.212. The Morgan fingerprint density at radius 3 is 3.08 bits per heavy atom. The van der Waals surface area contributed by atoms with Crippen molar-refractivity contribution in [2.75, 3.05) is 18.5 Å². The number of anilines is 1. The molecule has 0 saturated carbocycles. The van der Waals surface area contributed by atoms with E-state index in [0.29, 0.717) is 17.1 Å². The quantitative estimate of drug-likeness (QED) is 0.559. The molecule has 4 heteroatoms. The summed E-state index contributed by atoms with van der Waals surface area (Å²) in [4.78, 5) is 21.0. The first-order valence-electron chi connectivity index (χ1n) is 4.21. The summed E-state index contributed by atoms with van der Waals surface area (Å²) < 4.78 is 7.54. The number of hydrogen-bond acceptors (Lipinski definition) is 4. The number of carbonyl (C=O) groups is 1. The van der Waals surface area contributed by atoms with Crippen LogP contribution in [0, 0.1) is 6.92 Å². The zero-order valence-electron chi connectivity index (χ0n) is 7.90. The summed E-state index contributed by atoms with van der Waals surface area (Å²) in [6.45, 7) is 0.898. The Hall–Kier alpha value is -1.45. The second kappa shape index (κ2) is 2.27. The Morgan fingerprint density at radius 1 is 1.67 bits per heavy atom. The third kappa shape index (κ3) is 0.809. The fraction of sp³-hybridized carbons (Fsp3) is 0.375. The summed E-state index contributed by atoms with van der Waals surface area (Å²) in [5.41, 5.74) is 1.14. The number of nitrogens with zero attached hydrogens (tertiary/aromatic N) is 3. The number of aromatic nitrogens is 2. The molecule has 0 aliphatic carbocycles. The highest BCUT2D eigenvalue weighted by Crippen LogP contribution is 2.24. The summed E-state index contributed by atoms with van der Waals surface area (Å²) in [5, 5.41) is 0. The van der Waals surface area contributed by atoms with E-state index in [1.165, 1.54) is 6.33 Å². The number of likely N-dealkylation sites (N-methyl/N-ethyl adjacent to an activating group) is 1. The highest BCUT2D eigenvalue weighted by atomic mass is 16.1. The van der Waals surface area contributed by atoms with Crippen LogP contribution < -0.4 is 4.90 Å². The molecule has 1 atom stereocenters. The second-order valence-corrected chi connectivity index (χ2v) is 2.76. The Morgan fingerprint density at radius 2 is 2.42 bits per heavy atom. The molecule has 4 nitrogen and oxygen atoms in total.